The van der Waals surface area contributed by atoms with E-state index in [4.69, 9.17) is 4.42 Å². The number of furan rings is 1. The van der Waals surface area contributed by atoms with Crippen LogP contribution in [0.25, 0.3) is 0 Å². The number of aliphatic hydroxyl groups excluding tert-OH is 1. The van der Waals surface area contributed by atoms with E-state index >= 15 is 0 Å². The molecule has 3 heteroatoms. The maximum absolute atomic E-state index is 10.7. The van der Waals surface area contributed by atoms with Crippen LogP contribution in [-0.2, 0) is 0 Å². The van der Waals surface area contributed by atoms with Crippen molar-refractivity contribution < 1.29 is 14.3 Å². The summed E-state index contributed by atoms with van der Waals surface area (Å²) < 4.78 is 5.09. The van der Waals surface area contributed by atoms with Crippen molar-refractivity contribution in [2.45, 2.75) is 6.10 Å². The summed E-state index contributed by atoms with van der Waals surface area (Å²) in [6, 6.07) is 10.6. The van der Waals surface area contributed by atoms with Gasteiger partial charge in [-0.3, -0.25) is 4.79 Å². The number of hydrogen-bond donors (Lipinski definition) is 1. The van der Waals surface area contributed by atoms with E-state index in [1.807, 2.05) is 18.2 Å². The molecule has 76 valence electrons. The van der Waals surface area contributed by atoms with Crippen LogP contribution >= 0.6 is 0 Å². The molecule has 1 atom stereocenters. The summed E-state index contributed by atoms with van der Waals surface area (Å²) >= 11 is 0. The Labute approximate surface area is 87.0 Å². The summed E-state index contributed by atoms with van der Waals surface area (Å²) in [5.41, 5.74) is 1.09. The van der Waals surface area contributed by atoms with Crippen molar-refractivity contribution in [1.82, 2.24) is 0 Å². The Morgan fingerprint density at radius 3 is 2.60 bits per heavy atom. The standard InChI is InChI=1S/C12H10O3/c13-8-10-6-7-15-12(10)11(14)9-4-2-1-3-5-9/h1-8,11,14H/t11-/m0/s1. The zero-order chi connectivity index (χ0) is 10.7. The summed E-state index contributed by atoms with van der Waals surface area (Å²) in [4.78, 5) is 10.7. The van der Waals surface area contributed by atoms with Gasteiger partial charge in [-0.2, -0.15) is 0 Å². The van der Waals surface area contributed by atoms with Crippen LogP contribution < -0.4 is 0 Å². The third-order valence-corrected chi connectivity index (χ3v) is 2.22. The summed E-state index contributed by atoms with van der Waals surface area (Å²) in [5.74, 6) is 0.288. The van der Waals surface area contributed by atoms with Crippen molar-refractivity contribution in [3.63, 3.8) is 0 Å². The molecule has 0 unspecified atom stereocenters. The smallest absolute Gasteiger partial charge is 0.153 e. The van der Waals surface area contributed by atoms with Crippen LogP contribution in [0.2, 0.25) is 0 Å². The Morgan fingerprint density at radius 2 is 1.93 bits per heavy atom. The topological polar surface area (TPSA) is 50.4 Å². The average Bonchev–Trinajstić information content (AvgIpc) is 2.77. The van der Waals surface area contributed by atoms with Crippen molar-refractivity contribution in [3.8, 4) is 0 Å². The van der Waals surface area contributed by atoms with Gasteiger partial charge in [-0.05, 0) is 11.6 Å². The highest BCUT2D eigenvalue weighted by atomic mass is 16.4. The predicted molar refractivity (Wildman–Crippen MR) is 54.6 cm³/mol. The first-order valence-electron chi connectivity index (χ1n) is 4.58. The fourth-order valence-electron chi connectivity index (χ4n) is 1.44. The Kier molecular flexibility index (Phi) is 2.65. The molecule has 1 aromatic carbocycles. The maximum Gasteiger partial charge on any atom is 0.153 e. The summed E-state index contributed by atoms with van der Waals surface area (Å²) in [6.07, 6.45) is 1.18. The van der Waals surface area contributed by atoms with E-state index in [-0.39, 0.29) is 5.76 Å². The lowest BCUT2D eigenvalue weighted by Crippen LogP contribution is -2.00. The molecule has 0 aliphatic carbocycles. The van der Waals surface area contributed by atoms with Gasteiger partial charge in [0.25, 0.3) is 0 Å². The fraction of sp³-hybridized carbons (Fsp3) is 0.0833. The van der Waals surface area contributed by atoms with Crippen LogP contribution in [0.15, 0.2) is 47.1 Å². The number of aliphatic hydroxyl groups is 1. The normalized spacial score (nSPS) is 12.3. The molecular formula is C12H10O3. The van der Waals surface area contributed by atoms with Gasteiger partial charge < -0.3 is 9.52 Å². The second-order valence-electron chi connectivity index (χ2n) is 3.17. The largest absolute Gasteiger partial charge is 0.465 e. The number of benzene rings is 1. The monoisotopic (exact) mass is 202 g/mol. The molecule has 0 aliphatic rings. The summed E-state index contributed by atoms with van der Waals surface area (Å²) in [7, 11) is 0. The lowest BCUT2D eigenvalue weighted by Gasteiger charge is -2.08. The van der Waals surface area contributed by atoms with Crippen LogP contribution in [0.5, 0.6) is 0 Å². The van der Waals surface area contributed by atoms with Gasteiger partial charge in [0.2, 0.25) is 0 Å². The molecule has 0 saturated heterocycles. The number of hydrogen-bond acceptors (Lipinski definition) is 3. The van der Waals surface area contributed by atoms with E-state index < -0.39 is 6.10 Å². The second-order valence-corrected chi connectivity index (χ2v) is 3.17. The van der Waals surface area contributed by atoms with Gasteiger partial charge in [-0.15, -0.1) is 0 Å². The molecule has 1 aromatic heterocycles. The van der Waals surface area contributed by atoms with Crippen LogP contribution in [-0.4, -0.2) is 11.4 Å². The minimum Gasteiger partial charge on any atom is -0.465 e. The minimum absolute atomic E-state index is 0.288. The first kappa shape index (κ1) is 9.68. The van der Waals surface area contributed by atoms with Crippen LogP contribution in [0.1, 0.15) is 27.8 Å². The Hall–Kier alpha value is -1.87. The highest BCUT2D eigenvalue weighted by Crippen LogP contribution is 2.24. The zero-order valence-corrected chi connectivity index (χ0v) is 7.96. The Balaban J connectivity index is 2.36. The summed E-state index contributed by atoms with van der Waals surface area (Å²) in [5, 5.41) is 9.94. The van der Waals surface area contributed by atoms with Gasteiger partial charge in [-0.25, -0.2) is 0 Å². The van der Waals surface area contributed by atoms with Gasteiger partial charge >= 0.3 is 0 Å². The Bertz CT molecular complexity index is 445. The molecule has 0 bridgehead atoms. The lowest BCUT2D eigenvalue weighted by molar-refractivity contribution is 0.111. The third-order valence-electron chi connectivity index (χ3n) is 2.22. The summed E-state index contributed by atoms with van der Waals surface area (Å²) in [6.45, 7) is 0. The third kappa shape index (κ3) is 1.82. The fourth-order valence-corrected chi connectivity index (χ4v) is 1.44. The molecule has 0 spiro atoms. The molecule has 2 aromatic rings. The number of carbonyl (C=O) groups excluding carboxylic acids is 1. The molecule has 0 aliphatic heterocycles. The SMILES string of the molecule is O=Cc1ccoc1[C@@H](O)c1ccccc1. The predicted octanol–water partition coefficient (Wildman–Crippen LogP) is 2.17. The average molecular weight is 202 g/mol. The van der Waals surface area contributed by atoms with Gasteiger partial charge in [0.05, 0.1) is 11.8 Å². The maximum atomic E-state index is 10.7. The van der Waals surface area contributed by atoms with Crippen molar-refractivity contribution in [2.24, 2.45) is 0 Å². The van der Waals surface area contributed by atoms with Crippen LogP contribution in [0.3, 0.4) is 0 Å². The Morgan fingerprint density at radius 1 is 1.20 bits per heavy atom. The molecule has 1 N–H and O–H groups in total. The van der Waals surface area contributed by atoms with E-state index in [0.29, 0.717) is 17.4 Å². The van der Waals surface area contributed by atoms with E-state index in [1.54, 1.807) is 12.1 Å². The van der Waals surface area contributed by atoms with Gasteiger partial charge in [0.15, 0.2) is 6.29 Å². The molecule has 0 saturated carbocycles. The highest BCUT2D eigenvalue weighted by molar-refractivity contribution is 5.76. The van der Waals surface area contributed by atoms with Crippen LogP contribution in [0, 0.1) is 0 Å². The van der Waals surface area contributed by atoms with E-state index in [0.717, 1.165) is 0 Å². The first-order valence-corrected chi connectivity index (χ1v) is 4.58. The van der Waals surface area contributed by atoms with Gasteiger partial charge in [0.1, 0.15) is 11.9 Å². The minimum atomic E-state index is -0.888. The lowest BCUT2D eigenvalue weighted by atomic mass is 10.1. The van der Waals surface area contributed by atoms with Crippen molar-refractivity contribution in [1.29, 1.82) is 0 Å². The van der Waals surface area contributed by atoms with Crippen LogP contribution in [0.4, 0.5) is 0 Å². The van der Waals surface area contributed by atoms with Crippen molar-refractivity contribution in [2.75, 3.05) is 0 Å². The van der Waals surface area contributed by atoms with Gasteiger partial charge in [-0.1, -0.05) is 30.3 Å². The molecule has 0 fully saturated rings. The molecule has 15 heavy (non-hydrogen) atoms. The molecule has 2 rings (SSSR count). The molecule has 0 amide bonds. The number of rotatable bonds is 3. The number of carbonyl (C=O) groups is 1. The quantitative estimate of drug-likeness (QED) is 0.776. The molecule has 1 heterocycles. The molecule has 0 radical (unpaired) electrons. The van der Waals surface area contributed by atoms with Crippen molar-refractivity contribution in [3.05, 3.63) is 59.5 Å². The molecular weight excluding hydrogens is 192 g/mol. The highest BCUT2D eigenvalue weighted by Gasteiger charge is 2.17. The van der Waals surface area contributed by atoms with Crippen molar-refractivity contribution >= 4 is 6.29 Å². The van der Waals surface area contributed by atoms with Gasteiger partial charge in [0, 0.05) is 0 Å². The first-order chi connectivity index (χ1) is 7.33. The zero-order valence-electron chi connectivity index (χ0n) is 7.96. The van der Waals surface area contributed by atoms with E-state index in [9.17, 15) is 9.90 Å². The van der Waals surface area contributed by atoms with E-state index in [1.165, 1.54) is 12.3 Å². The second kappa shape index (κ2) is 4.11. The van der Waals surface area contributed by atoms with E-state index in [2.05, 4.69) is 0 Å². The number of aldehydes is 1. The molecule has 3 nitrogen and oxygen atoms in total.